The first-order valence-electron chi connectivity index (χ1n) is 8.79. The third-order valence-corrected chi connectivity index (χ3v) is 4.71. The number of hydrogen-bond donors (Lipinski definition) is 4. The van der Waals surface area contributed by atoms with Crippen molar-refractivity contribution in [3.63, 3.8) is 0 Å². The zero-order valence-electron chi connectivity index (χ0n) is 15.5. The molecule has 3 rings (SSSR count). The summed E-state index contributed by atoms with van der Waals surface area (Å²) in [4.78, 5) is 12.0. The van der Waals surface area contributed by atoms with Gasteiger partial charge in [0, 0.05) is 15.6 Å². The number of carbonyl (C=O) groups excluding carboxylic acids is 1. The second kappa shape index (κ2) is 7.57. The SMILES string of the molecule is CNC(=O)C1(C(=N)OC(=N)c2ccccc2Nc2ccc(C(F)(F)F)cc2)CC1.[HH].[HH]. The number of alkyl halides is 3. The number of nitrogens with one attached hydrogen (secondary N) is 4. The molecule has 0 unspecified atom stereocenters. The minimum Gasteiger partial charge on any atom is -0.424 e. The number of para-hydroxylation sites is 1. The molecule has 0 bridgehead atoms. The fraction of sp³-hybridized carbons (Fsp3) is 0.250. The molecule has 4 N–H and O–H groups in total. The molecule has 1 fully saturated rings. The fourth-order valence-electron chi connectivity index (χ4n) is 2.86. The zero-order chi connectivity index (χ0) is 21.2. The highest BCUT2D eigenvalue weighted by molar-refractivity contribution is 6.12. The number of anilines is 2. The number of halogens is 3. The topological polar surface area (TPSA) is 98.1 Å². The molecule has 0 heterocycles. The van der Waals surface area contributed by atoms with Crippen molar-refractivity contribution in [3.05, 3.63) is 59.7 Å². The van der Waals surface area contributed by atoms with Crippen LogP contribution in [0.3, 0.4) is 0 Å². The van der Waals surface area contributed by atoms with Crippen LogP contribution in [0.5, 0.6) is 0 Å². The summed E-state index contributed by atoms with van der Waals surface area (Å²) in [5.74, 6) is -0.960. The Labute approximate surface area is 168 Å². The highest BCUT2D eigenvalue weighted by Crippen LogP contribution is 2.47. The summed E-state index contributed by atoms with van der Waals surface area (Å²) in [6.45, 7) is 0. The van der Waals surface area contributed by atoms with E-state index >= 15 is 0 Å². The second-order valence-corrected chi connectivity index (χ2v) is 6.67. The molecule has 1 saturated carbocycles. The molecule has 2 aromatic carbocycles. The smallest absolute Gasteiger partial charge is 0.416 e. The van der Waals surface area contributed by atoms with Crippen molar-refractivity contribution in [2.75, 3.05) is 12.4 Å². The Morgan fingerprint density at radius 3 is 2.28 bits per heavy atom. The maximum atomic E-state index is 12.7. The Morgan fingerprint density at radius 1 is 1.10 bits per heavy atom. The lowest BCUT2D eigenvalue weighted by atomic mass is 10.1. The van der Waals surface area contributed by atoms with Crippen LogP contribution in [0.15, 0.2) is 48.5 Å². The molecular weight excluding hydrogens is 385 g/mol. The summed E-state index contributed by atoms with van der Waals surface area (Å²) in [6.07, 6.45) is -3.47. The van der Waals surface area contributed by atoms with Crippen LogP contribution in [0, 0.1) is 16.2 Å². The van der Waals surface area contributed by atoms with E-state index < -0.39 is 17.2 Å². The third kappa shape index (κ3) is 4.23. The summed E-state index contributed by atoms with van der Waals surface area (Å²) < 4.78 is 43.5. The van der Waals surface area contributed by atoms with Crippen molar-refractivity contribution in [2.24, 2.45) is 5.41 Å². The molecule has 0 spiro atoms. The fourth-order valence-corrected chi connectivity index (χ4v) is 2.86. The first-order valence-corrected chi connectivity index (χ1v) is 8.79. The minimum absolute atomic E-state index is 0. The number of rotatable bonds is 5. The number of amides is 1. The van der Waals surface area contributed by atoms with Crippen molar-refractivity contribution in [3.8, 4) is 0 Å². The van der Waals surface area contributed by atoms with Gasteiger partial charge in [0.15, 0.2) is 0 Å². The summed E-state index contributed by atoms with van der Waals surface area (Å²) in [6, 6.07) is 11.1. The monoisotopic (exact) mass is 408 g/mol. The van der Waals surface area contributed by atoms with Crippen LogP contribution >= 0.6 is 0 Å². The van der Waals surface area contributed by atoms with E-state index in [1.807, 2.05) is 0 Å². The molecule has 2 aromatic rings. The molecule has 156 valence electrons. The molecule has 6 nitrogen and oxygen atoms in total. The van der Waals surface area contributed by atoms with Gasteiger partial charge in [-0.05, 0) is 49.2 Å². The van der Waals surface area contributed by atoms with Gasteiger partial charge in [-0.3, -0.25) is 15.6 Å². The van der Waals surface area contributed by atoms with Crippen molar-refractivity contribution >= 4 is 29.1 Å². The van der Waals surface area contributed by atoms with Crippen LogP contribution in [0.25, 0.3) is 0 Å². The Bertz CT molecular complexity index is 962. The lowest BCUT2D eigenvalue weighted by molar-refractivity contribution is -0.137. The van der Waals surface area contributed by atoms with E-state index in [4.69, 9.17) is 15.6 Å². The van der Waals surface area contributed by atoms with Gasteiger partial charge in [-0.1, -0.05) is 12.1 Å². The van der Waals surface area contributed by atoms with Gasteiger partial charge in [-0.2, -0.15) is 13.2 Å². The third-order valence-electron chi connectivity index (χ3n) is 4.71. The van der Waals surface area contributed by atoms with Gasteiger partial charge in [0.1, 0.15) is 5.41 Å². The van der Waals surface area contributed by atoms with Gasteiger partial charge in [-0.25, -0.2) is 0 Å². The van der Waals surface area contributed by atoms with Crippen molar-refractivity contribution in [1.82, 2.24) is 5.32 Å². The van der Waals surface area contributed by atoms with E-state index in [1.165, 1.54) is 19.2 Å². The average molecular weight is 408 g/mol. The summed E-state index contributed by atoms with van der Waals surface area (Å²) in [5.41, 5.74) is -0.654. The van der Waals surface area contributed by atoms with Crippen LogP contribution in [-0.2, 0) is 15.7 Å². The molecule has 1 amide bonds. The molecule has 0 atom stereocenters. The molecule has 0 radical (unpaired) electrons. The minimum atomic E-state index is -4.42. The molecule has 0 aliphatic heterocycles. The maximum Gasteiger partial charge on any atom is 0.416 e. The number of carbonyl (C=O) groups is 1. The van der Waals surface area contributed by atoms with E-state index in [1.54, 1.807) is 24.3 Å². The Hall–Kier alpha value is -3.36. The summed E-state index contributed by atoms with van der Waals surface area (Å²) in [5, 5.41) is 21.7. The van der Waals surface area contributed by atoms with E-state index in [-0.39, 0.29) is 20.6 Å². The first kappa shape index (κ1) is 20.4. The maximum absolute atomic E-state index is 12.7. The van der Waals surface area contributed by atoms with Gasteiger partial charge in [0.25, 0.3) is 0 Å². The van der Waals surface area contributed by atoms with Gasteiger partial charge in [0.05, 0.1) is 16.8 Å². The van der Waals surface area contributed by atoms with Crippen LogP contribution in [0.2, 0.25) is 0 Å². The average Bonchev–Trinajstić information content (AvgIpc) is 3.49. The van der Waals surface area contributed by atoms with Crippen LogP contribution in [-0.4, -0.2) is 24.8 Å². The summed E-state index contributed by atoms with van der Waals surface area (Å²) in [7, 11) is 1.48. The lowest BCUT2D eigenvalue weighted by Gasteiger charge is -2.18. The molecule has 0 aromatic heterocycles. The largest absolute Gasteiger partial charge is 0.424 e. The van der Waals surface area contributed by atoms with Crippen molar-refractivity contribution in [2.45, 2.75) is 19.0 Å². The number of benzene rings is 2. The first-order chi connectivity index (χ1) is 13.7. The van der Waals surface area contributed by atoms with Gasteiger partial charge in [0.2, 0.25) is 17.7 Å². The molecule has 9 heteroatoms. The molecule has 29 heavy (non-hydrogen) atoms. The number of ether oxygens (including phenoxy) is 1. The molecule has 1 aliphatic rings. The Morgan fingerprint density at radius 2 is 1.72 bits per heavy atom. The van der Waals surface area contributed by atoms with Crippen LogP contribution in [0.4, 0.5) is 24.5 Å². The normalized spacial score (nSPS) is 14.6. The second-order valence-electron chi connectivity index (χ2n) is 6.67. The molecule has 0 saturated heterocycles. The lowest BCUT2D eigenvalue weighted by Crippen LogP contribution is -2.36. The molecule has 1 aliphatic carbocycles. The highest BCUT2D eigenvalue weighted by atomic mass is 19.4. The van der Waals surface area contributed by atoms with E-state index in [0.29, 0.717) is 29.8 Å². The van der Waals surface area contributed by atoms with Gasteiger partial charge in [-0.15, -0.1) is 0 Å². The Kier molecular flexibility index (Phi) is 5.32. The summed E-state index contributed by atoms with van der Waals surface area (Å²) >= 11 is 0. The van der Waals surface area contributed by atoms with E-state index in [9.17, 15) is 18.0 Å². The predicted octanol–water partition coefficient (Wildman–Crippen LogP) is 4.79. The predicted molar refractivity (Wildman–Crippen MR) is 107 cm³/mol. The van der Waals surface area contributed by atoms with E-state index in [0.717, 1.165) is 12.1 Å². The van der Waals surface area contributed by atoms with E-state index in [2.05, 4.69) is 10.6 Å². The number of hydrogen-bond acceptors (Lipinski definition) is 5. The van der Waals surface area contributed by atoms with Gasteiger partial charge >= 0.3 is 6.18 Å². The van der Waals surface area contributed by atoms with Crippen LogP contribution in [0.1, 0.15) is 26.8 Å². The zero-order valence-corrected chi connectivity index (χ0v) is 15.5. The Balaban J connectivity index is 0.00000240. The molecular formula is C20H23F3N4O2. The van der Waals surface area contributed by atoms with Crippen LogP contribution < -0.4 is 10.6 Å². The highest BCUT2D eigenvalue weighted by Gasteiger charge is 2.55. The van der Waals surface area contributed by atoms with Gasteiger partial charge < -0.3 is 15.4 Å². The van der Waals surface area contributed by atoms with Crippen molar-refractivity contribution in [1.29, 1.82) is 10.8 Å². The van der Waals surface area contributed by atoms with Crippen molar-refractivity contribution < 1.29 is 25.6 Å². The standard InChI is InChI=1S/C20H19F3N4O2.2H2/c1-26-18(28)19(10-11-19)17(25)29-16(24)14-4-2-3-5-15(14)27-13-8-6-12(7-9-13)20(21,22)23;;/h2-9,24-25,27H,10-11H2,1H3,(H,26,28);2*1H. The quantitative estimate of drug-likeness (QED) is 0.423.